The van der Waals surface area contributed by atoms with Crippen molar-refractivity contribution in [3.63, 3.8) is 0 Å². The average Bonchev–Trinajstić information content (AvgIpc) is 2.61. The molecule has 130 valence electrons. The summed E-state index contributed by atoms with van der Waals surface area (Å²) < 4.78 is 0.708. The molecule has 0 unspecified atom stereocenters. The number of phenols is 1. The predicted molar refractivity (Wildman–Crippen MR) is 99.1 cm³/mol. The number of amides is 2. The Morgan fingerprint density at radius 2 is 1.48 bits per heavy atom. The molecule has 3 rings (SSSR count). The molecule has 25 heavy (non-hydrogen) atoms. The van der Waals surface area contributed by atoms with Crippen LogP contribution in [-0.4, -0.2) is 52.9 Å². The van der Waals surface area contributed by atoms with Gasteiger partial charge < -0.3 is 14.9 Å². The number of carbonyl (C=O) groups excluding carboxylic acids is 2. The summed E-state index contributed by atoms with van der Waals surface area (Å²) in [5.74, 6) is -0.363. The second kappa shape index (κ2) is 7.45. The van der Waals surface area contributed by atoms with Crippen molar-refractivity contribution in [2.24, 2.45) is 0 Å². The lowest BCUT2D eigenvalue weighted by Gasteiger charge is -2.35. The molecule has 2 aromatic rings. The lowest BCUT2D eigenvalue weighted by atomic mass is 10.1. The molecule has 0 bridgehead atoms. The number of carbonyl (C=O) groups is 2. The van der Waals surface area contributed by atoms with Gasteiger partial charge in [-0.15, -0.1) is 0 Å². The Morgan fingerprint density at radius 3 is 2.04 bits per heavy atom. The van der Waals surface area contributed by atoms with E-state index in [1.54, 1.807) is 46.2 Å². The van der Waals surface area contributed by atoms with Crippen LogP contribution >= 0.6 is 27.5 Å². The number of benzene rings is 2. The second-order valence-electron chi connectivity index (χ2n) is 5.75. The highest BCUT2D eigenvalue weighted by Crippen LogP contribution is 2.24. The molecule has 7 heteroatoms. The molecule has 0 saturated carbocycles. The minimum absolute atomic E-state index is 0.0564. The van der Waals surface area contributed by atoms with Crippen molar-refractivity contribution in [1.29, 1.82) is 0 Å². The van der Waals surface area contributed by atoms with E-state index >= 15 is 0 Å². The molecule has 0 aromatic heterocycles. The van der Waals surface area contributed by atoms with Crippen molar-refractivity contribution in [2.45, 2.75) is 0 Å². The minimum atomic E-state index is -0.233. The number of nitrogens with zero attached hydrogens (tertiary/aromatic N) is 2. The number of halogens is 2. The van der Waals surface area contributed by atoms with Crippen molar-refractivity contribution in [2.75, 3.05) is 26.2 Å². The Kier molecular flexibility index (Phi) is 5.30. The van der Waals surface area contributed by atoms with Gasteiger partial charge >= 0.3 is 0 Å². The zero-order chi connectivity index (χ0) is 18.0. The third-order valence-corrected chi connectivity index (χ3v) is 4.88. The molecule has 1 saturated heterocycles. The van der Waals surface area contributed by atoms with Crippen molar-refractivity contribution < 1.29 is 14.7 Å². The van der Waals surface area contributed by atoms with Gasteiger partial charge in [0, 0.05) is 41.2 Å². The fourth-order valence-electron chi connectivity index (χ4n) is 2.74. The summed E-state index contributed by atoms with van der Waals surface area (Å²) in [5, 5.41) is 10.5. The zero-order valence-electron chi connectivity index (χ0n) is 13.3. The van der Waals surface area contributed by atoms with Gasteiger partial charge in [-0.05, 0) is 42.5 Å². The summed E-state index contributed by atoms with van der Waals surface area (Å²) in [6.07, 6.45) is 0. The minimum Gasteiger partial charge on any atom is -0.507 e. The van der Waals surface area contributed by atoms with Gasteiger partial charge in [-0.25, -0.2) is 0 Å². The lowest BCUT2D eigenvalue weighted by molar-refractivity contribution is 0.0533. The number of piperazine rings is 1. The van der Waals surface area contributed by atoms with Gasteiger partial charge in [0.15, 0.2) is 0 Å². The Balaban J connectivity index is 1.64. The van der Waals surface area contributed by atoms with Crippen LogP contribution in [0.2, 0.25) is 5.02 Å². The summed E-state index contributed by atoms with van der Waals surface area (Å²) in [5.41, 5.74) is 0.843. The van der Waals surface area contributed by atoms with Gasteiger partial charge in [0.25, 0.3) is 11.8 Å². The van der Waals surface area contributed by atoms with Crippen LogP contribution in [0.1, 0.15) is 20.7 Å². The van der Waals surface area contributed by atoms with E-state index in [0.717, 1.165) is 0 Å². The maximum absolute atomic E-state index is 12.5. The predicted octanol–water partition coefficient (Wildman–Crippen LogP) is 3.41. The smallest absolute Gasteiger partial charge is 0.257 e. The molecule has 1 heterocycles. The van der Waals surface area contributed by atoms with Crippen LogP contribution in [0.3, 0.4) is 0 Å². The Bertz CT molecular complexity index is 802. The molecule has 0 aliphatic carbocycles. The maximum Gasteiger partial charge on any atom is 0.257 e. The quantitative estimate of drug-likeness (QED) is 0.805. The van der Waals surface area contributed by atoms with E-state index in [-0.39, 0.29) is 23.1 Å². The van der Waals surface area contributed by atoms with Crippen molar-refractivity contribution in [1.82, 2.24) is 9.80 Å². The summed E-state index contributed by atoms with van der Waals surface area (Å²) in [6, 6.07) is 11.6. The summed E-state index contributed by atoms with van der Waals surface area (Å²) >= 11 is 9.10. The number of aromatic hydroxyl groups is 1. The van der Waals surface area contributed by atoms with Gasteiger partial charge in [-0.3, -0.25) is 9.59 Å². The monoisotopic (exact) mass is 422 g/mol. The van der Waals surface area contributed by atoms with Crippen molar-refractivity contribution >= 4 is 39.3 Å². The fraction of sp³-hybridized carbons (Fsp3) is 0.222. The molecular weight excluding hydrogens is 408 g/mol. The third-order valence-electron chi connectivity index (χ3n) is 4.14. The average molecular weight is 424 g/mol. The highest BCUT2D eigenvalue weighted by Gasteiger charge is 2.26. The Hall–Kier alpha value is -2.05. The van der Waals surface area contributed by atoms with E-state index in [1.165, 1.54) is 6.07 Å². The highest BCUT2D eigenvalue weighted by atomic mass is 79.9. The molecule has 1 aliphatic heterocycles. The summed E-state index contributed by atoms with van der Waals surface area (Å²) in [4.78, 5) is 28.4. The molecule has 5 nitrogen and oxygen atoms in total. The van der Waals surface area contributed by atoms with Crippen LogP contribution in [-0.2, 0) is 0 Å². The third kappa shape index (κ3) is 3.96. The first-order valence-electron chi connectivity index (χ1n) is 7.78. The standard InChI is InChI=1S/C18H16BrClN2O3/c19-13-3-6-15(16(23)11-13)18(25)22-9-7-21(8-10-22)17(24)12-1-4-14(20)5-2-12/h1-6,11,23H,7-10H2. The molecule has 1 aliphatic rings. The van der Waals surface area contributed by atoms with Gasteiger partial charge in [-0.2, -0.15) is 0 Å². The first-order chi connectivity index (χ1) is 12.0. The van der Waals surface area contributed by atoms with Crippen molar-refractivity contribution in [3.05, 3.63) is 63.1 Å². The van der Waals surface area contributed by atoms with Crippen molar-refractivity contribution in [3.8, 4) is 5.75 Å². The normalized spacial score (nSPS) is 14.5. The van der Waals surface area contributed by atoms with E-state index < -0.39 is 0 Å². The number of hydrogen-bond acceptors (Lipinski definition) is 3. The fourth-order valence-corrected chi connectivity index (χ4v) is 3.22. The molecule has 1 fully saturated rings. The molecular formula is C18H16BrClN2O3. The molecule has 0 spiro atoms. The Labute approximate surface area is 158 Å². The van der Waals surface area contributed by atoms with Crippen LogP contribution in [0.4, 0.5) is 0 Å². The van der Waals surface area contributed by atoms with Gasteiger partial charge in [0.05, 0.1) is 5.56 Å². The molecule has 2 amide bonds. The van der Waals surface area contributed by atoms with Gasteiger partial charge in [-0.1, -0.05) is 27.5 Å². The van der Waals surface area contributed by atoms with E-state index in [2.05, 4.69) is 15.9 Å². The lowest BCUT2D eigenvalue weighted by Crippen LogP contribution is -2.50. The van der Waals surface area contributed by atoms with Gasteiger partial charge in [0.1, 0.15) is 5.75 Å². The molecule has 0 radical (unpaired) electrons. The topological polar surface area (TPSA) is 60.9 Å². The van der Waals surface area contributed by atoms with Gasteiger partial charge in [0.2, 0.25) is 0 Å². The van der Waals surface area contributed by atoms with E-state index in [4.69, 9.17) is 11.6 Å². The Morgan fingerprint density at radius 1 is 0.920 bits per heavy atom. The second-order valence-corrected chi connectivity index (χ2v) is 7.10. The highest BCUT2D eigenvalue weighted by molar-refractivity contribution is 9.10. The molecule has 1 N–H and O–H groups in total. The summed E-state index contributed by atoms with van der Waals surface area (Å²) in [6.45, 7) is 1.75. The molecule has 0 atom stereocenters. The van der Waals surface area contributed by atoms with E-state index in [0.29, 0.717) is 41.2 Å². The SMILES string of the molecule is O=C(c1ccc(Cl)cc1)N1CCN(C(=O)c2ccc(Br)cc2O)CC1. The van der Waals surface area contributed by atoms with Crippen LogP contribution in [0.25, 0.3) is 0 Å². The first-order valence-corrected chi connectivity index (χ1v) is 8.95. The zero-order valence-corrected chi connectivity index (χ0v) is 15.6. The van der Waals surface area contributed by atoms with Crippen LogP contribution in [0, 0.1) is 0 Å². The number of rotatable bonds is 2. The van der Waals surface area contributed by atoms with Crippen LogP contribution < -0.4 is 0 Å². The van der Waals surface area contributed by atoms with E-state index in [1.807, 2.05) is 0 Å². The summed E-state index contributed by atoms with van der Waals surface area (Å²) in [7, 11) is 0. The van der Waals surface area contributed by atoms with Crippen LogP contribution in [0.15, 0.2) is 46.9 Å². The first kappa shape index (κ1) is 17.8. The number of hydrogen-bond donors (Lipinski definition) is 1. The maximum atomic E-state index is 12.5. The molecule has 2 aromatic carbocycles. The van der Waals surface area contributed by atoms with Crippen LogP contribution in [0.5, 0.6) is 5.75 Å². The van der Waals surface area contributed by atoms with E-state index in [9.17, 15) is 14.7 Å². The largest absolute Gasteiger partial charge is 0.507 e. The number of phenolic OH excluding ortho intramolecular Hbond substituents is 1.